The summed E-state index contributed by atoms with van der Waals surface area (Å²) in [5.74, 6) is 0.667. The van der Waals surface area contributed by atoms with Crippen LogP contribution in [0, 0.1) is 13.8 Å². The largest absolute Gasteiger partial charge is 0.437 e. The molecule has 0 atom stereocenters. The molecule has 0 aliphatic carbocycles. The number of nitrogens with one attached hydrogen (secondary N) is 1. The summed E-state index contributed by atoms with van der Waals surface area (Å²) >= 11 is 12.1. The molecule has 55 heavy (non-hydrogen) atoms. The number of hydrogen-bond donors (Lipinski definition) is 4. The Labute approximate surface area is 335 Å². The van der Waals surface area contributed by atoms with E-state index in [9.17, 15) is 21.9 Å². The van der Waals surface area contributed by atoms with Crippen molar-refractivity contribution in [1.29, 1.82) is 0 Å². The topological polar surface area (TPSA) is 176 Å². The molecule has 6 rings (SSSR count). The highest BCUT2D eigenvalue weighted by molar-refractivity contribution is 7.93. The average Bonchev–Trinajstić information content (AvgIpc) is 3.13. The van der Waals surface area contributed by atoms with Crippen molar-refractivity contribution >= 4 is 69.0 Å². The van der Waals surface area contributed by atoms with Crippen molar-refractivity contribution < 1.29 is 32.0 Å². The number of nitrogens with zero attached hydrogens (tertiary/aromatic N) is 5. The van der Waals surface area contributed by atoms with Crippen LogP contribution in [-0.2, 0) is 20.0 Å². The van der Waals surface area contributed by atoms with Gasteiger partial charge in [0.15, 0.2) is 0 Å². The standard InChI is InChI=1S/C18H23BClN3O3S.C12H11ClN2O2S.C6H14BNO2/c1-14-6-5-9-18(21-14)23(15-10-12-22(13-11-15)19(2)24)27(25,26)17-8-4-3-7-16(17)20;1-9-5-4-8-12(14-9)15-18(16,17)11-7-3-2-6-10(11)13;1-7(10)8-4-2-6(9)3-5-8/h3-9,15,24H,10-13H2,1-2H3;2-8H,1H3,(H,14,15);6,9-10H,2-5H2,1H3. The molecule has 0 unspecified atom stereocenters. The van der Waals surface area contributed by atoms with Crippen molar-refractivity contribution in [3.05, 3.63) is 106 Å². The van der Waals surface area contributed by atoms with E-state index in [0.29, 0.717) is 31.7 Å². The van der Waals surface area contributed by atoms with Gasteiger partial charge < -0.3 is 24.8 Å². The summed E-state index contributed by atoms with van der Waals surface area (Å²) in [5, 5.41) is 28.4. The summed E-state index contributed by atoms with van der Waals surface area (Å²) in [7, 11) is -8.49. The first-order chi connectivity index (χ1) is 26.0. The fourth-order valence-electron chi connectivity index (χ4n) is 6.13. The smallest absolute Gasteiger partial charge is 0.376 e. The lowest BCUT2D eigenvalue weighted by atomic mass is 9.82. The summed E-state index contributed by atoms with van der Waals surface area (Å²) < 4.78 is 55.0. The van der Waals surface area contributed by atoms with E-state index >= 15 is 0 Å². The molecule has 296 valence electrons. The maximum absolute atomic E-state index is 13.5. The number of anilines is 2. The fraction of sp³-hybridized carbons (Fsp3) is 0.389. The van der Waals surface area contributed by atoms with Crippen LogP contribution in [0.2, 0.25) is 23.7 Å². The minimum atomic E-state index is -3.88. The molecular weight excluding hydrogens is 785 g/mol. The van der Waals surface area contributed by atoms with Gasteiger partial charge in [-0.15, -0.1) is 0 Å². The highest BCUT2D eigenvalue weighted by Crippen LogP contribution is 2.32. The van der Waals surface area contributed by atoms with Crippen LogP contribution in [0.3, 0.4) is 0 Å². The third-order valence-electron chi connectivity index (χ3n) is 9.11. The first kappa shape index (κ1) is 44.5. The maximum Gasteiger partial charge on any atom is 0.376 e. The predicted octanol–water partition coefficient (Wildman–Crippen LogP) is 5.21. The number of halogens is 2. The quantitative estimate of drug-likeness (QED) is 0.163. The second-order valence-corrected chi connectivity index (χ2v) is 17.6. The predicted molar refractivity (Wildman–Crippen MR) is 220 cm³/mol. The van der Waals surface area contributed by atoms with Gasteiger partial charge in [-0.25, -0.2) is 31.1 Å². The van der Waals surface area contributed by atoms with Crippen LogP contribution in [0.15, 0.2) is 94.7 Å². The summed E-state index contributed by atoms with van der Waals surface area (Å²) in [6.07, 6.45) is 2.65. The molecule has 0 spiro atoms. The first-order valence-corrected chi connectivity index (χ1v) is 21.6. The molecule has 4 heterocycles. The molecule has 4 N–H and O–H groups in total. The monoisotopic (exact) mass is 832 g/mol. The molecule has 4 aromatic rings. The van der Waals surface area contributed by atoms with Gasteiger partial charge in [0.1, 0.15) is 21.4 Å². The van der Waals surface area contributed by atoms with E-state index in [0.717, 1.165) is 37.3 Å². The highest BCUT2D eigenvalue weighted by atomic mass is 35.5. The zero-order chi connectivity index (χ0) is 40.3. The van der Waals surface area contributed by atoms with Crippen molar-refractivity contribution in [3.63, 3.8) is 0 Å². The Morgan fingerprint density at radius 1 is 0.691 bits per heavy atom. The molecule has 13 nitrogen and oxygen atoms in total. The zero-order valence-corrected chi connectivity index (χ0v) is 34.5. The second-order valence-electron chi connectivity index (χ2n) is 13.4. The summed E-state index contributed by atoms with van der Waals surface area (Å²) in [6.45, 7) is 9.97. The Morgan fingerprint density at radius 2 is 1.16 bits per heavy atom. The zero-order valence-electron chi connectivity index (χ0n) is 31.3. The third-order valence-corrected chi connectivity index (χ3v) is 13.3. The number of sulfonamides is 2. The first-order valence-electron chi connectivity index (χ1n) is 18.0. The summed E-state index contributed by atoms with van der Waals surface area (Å²) in [4.78, 5) is 12.6. The van der Waals surface area contributed by atoms with Gasteiger partial charge in [-0.2, -0.15) is 0 Å². The van der Waals surface area contributed by atoms with Crippen LogP contribution in [0.1, 0.15) is 37.1 Å². The average molecular weight is 833 g/mol. The van der Waals surface area contributed by atoms with E-state index < -0.39 is 27.1 Å². The van der Waals surface area contributed by atoms with E-state index in [4.69, 9.17) is 33.3 Å². The van der Waals surface area contributed by atoms with Gasteiger partial charge in [0.2, 0.25) is 0 Å². The van der Waals surface area contributed by atoms with Crippen LogP contribution >= 0.6 is 23.2 Å². The Balaban J connectivity index is 0.000000205. The SMILES string of the molecule is CB(O)N1CCC(N(c2cccc(C)n2)S(=O)(=O)c2ccccc2Cl)CC1.CB(O)N1CCC(O)CC1.Cc1cccc(NS(=O)(=O)c2ccccc2Cl)n1. The number of aliphatic hydroxyl groups excluding tert-OH is 1. The lowest BCUT2D eigenvalue weighted by Crippen LogP contribution is -2.51. The van der Waals surface area contributed by atoms with Crippen LogP contribution < -0.4 is 9.03 Å². The lowest BCUT2D eigenvalue weighted by molar-refractivity contribution is 0.107. The molecular formula is C36H48B2Cl2N6O7S2. The van der Waals surface area contributed by atoms with Gasteiger partial charge in [-0.05, 0) is 128 Å². The number of aromatic nitrogens is 2. The fourth-order valence-corrected chi connectivity index (χ4v) is 9.80. The number of aryl methyl sites for hydroxylation is 2. The van der Waals surface area contributed by atoms with Gasteiger partial charge in [0.25, 0.3) is 20.0 Å². The summed E-state index contributed by atoms with van der Waals surface area (Å²) in [6, 6.07) is 22.9. The summed E-state index contributed by atoms with van der Waals surface area (Å²) in [5.41, 5.74) is 1.47. The molecule has 0 saturated carbocycles. The molecule has 2 fully saturated rings. The molecule has 0 amide bonds. The Kier molecular flexibility index (Phi) is 16.4. The highest BCUT2D eigenvalue weighted by Gasteiger charge is 2.37. The van der Waals surface area contributed by atoms with Gasteiger partial charge in [-0.3, -0.25) is 4.72 Å². The van der Waals surface area contributed by atoms with E-state index in [1.54, 1.807) is 81.2 Å². The van der Waals surface area contributed by atoms with E-state index in [2.05, 4.69) is 14.7 Å². The van der Waals surface area contributed by atoms with Crippen molar-refractivity contribution in [2.75, 3.05) is 35.2 Å². The molecule has 2 aromatic carbocycles. The van der Waals surface area contributed by atoms with Gasteiger partial charge in [0.05, 0.1) is 16.1 Å². The minimum Gasteiger partial charge on any atom is -0.437 e. The third kappa shape index (κ3) is 12.6. The number of benzene rings is 2. The molecule has 2 aliphatic rings. The number of rotatable bonds is 9. The van der Waals surface area contributed by atoms with E-state index in [-0.39, 0.29) is 44.9 Å². The molecule has 0 bridgehead atoms. The second kappa shape index (κ2) is 20.3. The van der Waals surface area contributed by atoms with Gasteiger partial charge >= 0.3 is 14.1 Å². The van der Waals surface area contributed by atoms with Crippen LogP contribution in [0.5, 0.6) is 0 Å². The van der Waals surface area contributed by atoms with Crippen LogP contribution in [0.25, 0.3) is 0 Å². The van der Waals surface area contributed by atoms with Gasteiger partial charge in [-0.1, -0.05) is 59.6 Å². The van der Waals surface area contributed by atoms with Crippen molar-refractivity contribution in [2.24, 2.45) is 0 Å². The number of hydrogen-bond acceptors (Lipinski definition) is 11. The maximum atomic E-state index is 13.5. The van der Waals surface area contributed by atoms with Crippen LogP contribution in [-0.4, -0.2) is 104 Å². The van der Waals surface area contributed by atoms with Gasteiger partial charge in [0, 0.05) is 17.4 Å². The Morgan fingerprint density at radius 3 is 1.65 bits per heavy atom. The van der Waals surface area contributed by atoms with E-state index in [1.807, 2.05) is 22.6 Å². The molecule has 2 aromatic heterocycles. The Hall–Kier alpha value is -3.25. The van der Waals surface area contributed by atoms with Crippen molar-refractivity contribution in [3.8, 4) is 0 Å². The molecule has 0 radical (unpaired) electrons. The molecule has 2 aliphatic heterocycles. The van der Waals surface area contributed by atoms with Crippen molar-refractivity contribution in [2.45, 2.75) is 75.1 Å². The number of piperidine rings is 2. The Bertz CT molecular complexity index is 2070. The molecule has 19 heteroatoms. The number of pyridine rings is 2. The van der Waals surface area contributed by atoms with E-state index in [1.165, 1.54) is 22.5 Å². The number of aliphatic hydroxyl groups is 1. The minimum absolute atomic E-state index is 0.0370. The lowest BCUT2D eigenvalue weighted by Gasteiger charge is -2.38. The molecule has 2 saturated heterocycles. The van der Waals surface area contributed by atoms with Crippen LogP contribution in [0.4, 0.5) is 11.6 Å². The van der Waals surface area contributed by atoms with Crippen molar-refractivity contribution in [1.82, 2.24) is 19.6 Å². The normalized spacial score (nSPS) is 15.9.